The number of para-hydroxylation sites is 2. The average Bonchev–Trinajstić information content (AvgIpc) is 2.73. The summed E-state index contributed by atoms with van der Waals surface area (Å²) in [5.74, 6) is -0.345. The van der Waals surface area contributed by atoms with Gasteiger partial charge in [-0.25, -0.2) is 0 Å². The second kappa shape index (κ2) is 7.86. The third-order valence-electron chi connectivity index (χ3n) is 5.86. The Morgan fingerprint density at radius 2 is 1.58 bits per heavy atom. The Kier molecular flexibility index (Phi) is 5.36. The van der Waals surface area contributed by atoms with Crippen molar-refractivity contribution in [2.75, 3.05) is 9.80 Å². The topological polar surface area (TPSA) is 40.6 Å². The van der Waals surface area contributed by atoms with Gasteiger partial charge in [-0.2, -0.15) is 0 Å². The lowest BCUT2D eigenvalue weighted by Gasteiger charge is -2.46. The SMILES string of the molecule is Cc1ccc(CN2C(=O)C(C)(C)N(C(=O)c3ccc(Cl)cc3)c3ccccc32)c(C)c1. The fourth-order valence-corrected chi connectivity index (χ4v) is 4.28. The number of nitrogens with zero attached hydrogens (tertiary/aromatic N) is 2. The number of benzene rings is 3. The fraction of sp³-hybridized carbons (Fsp3) is 0.231. The highest BCUT2D eigenvalue weighted by atomic mass is 35.5. The van der Waals surface area contributed by atoms with Crippen LogP contribution in [0, 0.1) is 13.8 Å². The van der Waals surface area contributed by atoms with Crippen molar-refractivity contribution in [3.63, 3.8) is 0 Å². The van der Waals surface area contributed by atoms with Crippen LogP contribution in [0.15, 0.2) is 66.7 Å². The minimum atomic E-state index is -1.05. The van der Waals surface area contributed by atoms with Crippen molar-refractivity contribution >= 4 is 34.8 Å². The maximum Gasteiger partial charge on any atom is 0.259 e. The van der Waals surface area contributed by atoms with Crippen molar-refractivity contribution in [2.45, 2.75) is 39.8 Å². The molecule has 0 unspecified atom stereocenters. The largest absolute Gasteiger partial charge is 0.304 e. The van der Waals surface area contributed by atoms with Gasteiger partial charge in [0.1, 0.15) is 5.54 Å². The number of aryl methyl sites for hydroxylation is 2. The van der Waals surface area contributed by atoms with Crippen LogP contribution in [0.2, 0.25) is 5.02 Å². The molecule has 1 aliphatic heterocycles. The second-order valence-corrected chi connectivity index (χ2v) is 8.95. The smallest absolute Gasteiger partial charge is 0.259 e. The van der Waals surface area contributed by atoms with Gasteiger partial charge in [-0.05, 0) is 75.2 Å². The molecule has 0 radical (unpaired) electrons. The van der Waals surface area contributed by atoms with E-state index in [1.54, 1.807) is 47.9 Å². The summed E-state index contributed by atoms with van der Waals surface area (Å²) in [6.45, 7) is 8.17. The molecule has 2 amide bonds. The molecule has 1 heterocycles. The number of hydrogen-bond acceptors (Lipinski definition) is 2. The highest BCUT2D eigenvalue weighted by Gasteiger charge is 2.47. The number of carbonyl (C=O) groups is 2. The van der Waals surface area contributed by atoms with Gasteiger partial charge in [-0.3, -0.25) is 14.5 Å². The minimum Gasteiger partial charge on any atom is -0.304 e. The molecule has 0 aliphatic carbocycles. The molecule has 3 aromatic carbocycles. The lowest BCUT2D eigenvalue weighted by Crippen LogP contribution is -2.62. The molecule has 158 valence electrons. The van der Waals surface area contributed by atoms with E-state index in [1.165, 1.54) is 5.56 Å². The van der Waals surface area contributed by atoms with Crippen LogP contribution in [-0.2, 0) is 11.3 Å². The number of rotatable bonds is 3. The van der Waals surface area contributed by atoms with Crippen LogP contribution in [0.5, 0.6) is 0 Å². The molecule has 0 bridgehead atoms. The third-order valence-corrected chi connectivity index (χ3v) is 6.11. The first-order valence-corrected chi connectivity index (χ1v) is 10.6. The van der Waals surface area contributed by atoms with Gasteiger partial charge in [0.2, 0.25) is 0 Å². The molecule has 1 aliphatic rings. The molecular weight excluding hydrogens is 408 g/mol. The van der Waals surface area contributed by atoms with Crippen LogP contribution < -0.4 is 9.80 Å². The number of carbonyl (C=O) groups excluding carboxylic acids is 2. The average molecular weight is 433 g/mol. The summed E-state index contributed by atoms with van der Waals surface area (Å²) >= 11 is 6.00. The summed E-state index contributed by atoms with van der Waals surface area (Å²) in [7, 11) is 0. The molecule has 5 heteroatoms. The van der Waals surface area contributed by atoms with E-state index in [2.05, 4.69) is 32.0 Å². The normalized spacial score (nSPS) is 15.1. The molecule has 4 nitrogen and oxygen atoms in total. The quantitative estimate of drug-likeness (QED) is 0.514. The molecule has 0 atom stereocenters. The van der Waals surface area contributed by atoms with Crippen LogP contribution in [0.1, 0.15) is 40.9 Å². The first-order chi connectivity index (χ1) is 14.7. The Labute approximate surface area is 188 Å². The minimum absolute atomic E-state index is 0.117. The second-order valence-electron chi connectivity index (χ2n) is 8.52. The highest BCUT2D eigenvalue weighted by Crippen LogP contribution is 2.42. The van der Waals surface area contributed by atoms with Gasteiger partial charge in [0.15, 0.2) is 0 Å². The van der Waals surface area contributed by atoms with Crippen LogP contribution in [-0.4, -0.2) is 17.4 Å². The van der Waals surface area contributed by atoms with Crippen molar-refractivity contribution in [2.24, 2.45) is 0 Å². The lowest BCUT2D eigenvalue weighted by molar-refractivity contribution is -0.123. The Morgan fingerprint density at radius 1 is 0.935 bits per heavy atom. The van der Waals surface area contributed by atoms with E-state index in [4.69, 9.17) is 11.6 Å². The summed E-state index contributed by atoms with van der Waals surface area (Å²) in [6, 6.07) is 20.6. The fourth-order valence-electron chi connectivity index (χ4n) is 4.15. The van der Waals surface area contributed by atoms with E-state index in [-0.39, 0.29) is 11.8 Å². The third kappa shape index (κ3) is 3.72. The van der Waals surface area contributed by atoms with Gasteiger partial charge in [0.25, 0.3) is 11.8 Å². The van der Waals surface area contributed by atoms with Crippen LogP contribution in [0.3, 0.4) is 0 Å². The van der Waals surface area contributed by atoms with E-state index < -0.39 is 5.54 Å². The predicted octanol–water partition coefficient (Wildman–Crippen LogP) is 5.93. The van der Waals surface area contributed by atoms with Gasteiger partial charge in [-0.1, -0.05) is 47.5 Å². The Hall–Kier alpha value is -3.11. The first kappa shape index (κ1) is 21.1. The number of fused-ring (bicyclic) bond motifs is 1. The molecule has 3 aromatic rings. The molecule has 0 N–H and O–H groups in total. The number of amides is 2. The lowest BCUT2D eigenvalue weighted by atomic mass is 9.92. The van der Waals surface area contributed by atoms with E-state index in [1.807, 2.05) is 24.3 Å². The molecule has 0 spiro atoms. The van der Waals surface area contributed by atoms with Gasteiger partial charge < -0.3 is 4.90 Å². The van der Waals surface area contributed by atoms with E-state index >= 15 is 0 Å². The van der Waals surface area contributed by atoms with Gasteiger partial charge >= 0.3 is 0 Å². The van der Waals surface area contributed by atoms with E-state index in [9.17, 15) is 9.59 Å². The molecule has 4 rings (SSSR count). The summed E-state index contributed by atoms with van der Waals surface area (Å²) < 4.78 is 0. The van der Waals surface area contributed by atoms with Crippen molar-refractivity contribution in [1.82, 2.24) is 0 Å². The highest BCUT2D eigenvalue weighted by molar-refractivity contribution is 6.30. The summed E-state index contributed by atoms with van der Waals surface area (Å²) in [5.41, 5.74) is 4.30. The molecule has 31 heavy (non-hydrogen) atoms. The summed E-state index contributed by atoms with van der Waals surface area (Å²) in [6.07, 6.45) is 0. The number of hydrogen-bond donors (Lipinski definition) is 0. The van der Waals surface area contributed by atoms with Gasteiger partial charge in [0, 0.05) is 10.6 Å². The van der Waals surface area contributed by atoms with Crippen LogP contribution >= 0.6 is 11.6 Å². The Bertz CT molecular complexity index is 1170. The number of halogens is 1. The van der Waals surface area contributed by atoms with Crippen LogP contribution in [0.4, 0.5) is 11.4 Å². The van der Waals surface area contributed by atoms with Crippen molar-refractivity contribution < 1.29 is 9.59 Å². The number of anilines is 2. The Morgan fingerprint density at radius 3 is 2.23 bits per heavy atom. The maximum absolute atomic E-state index is 13.7. The van der Waals surface area contributed by atoms with Crippen molar-refractivity contribution in [3.05, 3.63) is 94.0 Å². The monoisotopic (exact) mass is 432 g/mol. The van der Waals surface area contributed by atoms with Crippen molar-refractivity contribution in [3.8, 4) is 0 Å². The summed E-state index contributed by atoms with van der Waals surface area (Å²) in [5, 5.41) is 0.561. The molecular formula is C26H25ClN2O2. The summed E-state index contributed by atoms with van der Waals surface area (Å²) in [4.78, 5) is 30.6. The zero-order valence-corrected chi connectivity index (χ0v) is 18.9. The predicted molar refractivity (Wildman–Crippen MR) is 126 cm³/mol. The maximum atomic E-state index is 13.7. The zero-order chi connectivity index (χ0) is 22.3. The molecule has 0 saturated carbocycles. The zero-order valence-electron chi connectivity index (χ0n) is 18.1. The molecule has 0 aromatic heterocycles. The first-order valence-electron chi connectivity index (χ1n) is 10.3. The van der Waals surface area contributed by atoms with Crippen LogP contribution in [0.25, 0.3) is 0 Å². The van der Waals surface area contributed by atoms with E-state index in [0.29, 0.717) is 17.1 Å². The van der Waals surface area contributed by atoms with Gasteiger partial charge in [-0.15, -0.1) is 0 Å². The molecule has 0 fully saturated rings. The Balaban J connectivity index is 1.80. The molecule has 0 saturated heterocycles. The van der Waals surface area contributed by atoms with E-state index in [0.717, 1.165) is 22.5 Å². The standard InChI is InChI=1S/C26H25ClN2O2/c1-17-9-10-20(18(2)15-17)16-28-22-7-5-6-8-23(22)29(26(3,4)25(28)31)24(30)19-11-13-21(27)14-12-19/h5-15H,16H2,1-4H3. The van der Waals surface area contributed by atoms with Gasteiger partial charge in [0.05, 0.1) is 17.9 Å². The van der Waals surface area contributed by atoms with Crippen molar-refractivity contribution in [1.29, 1.82) is 0 Å².